The van der Waals surface area contributed by atoms with E-state index in [9.17, 15) is 31.5 Å². The van der Waals surface area contributed by atoms with Crippen molar-refractivity contribution in [3.8, 4) is 5.75 Å². The Bertz CT molecular complexity index is 1260. The zero-order valence-corrected chi connectivity index (χ0v) is 20.7. The number of ether oxygens (including phenoxy) is 2. The van der Waals surface area contributed by atoms with Crippen molar-refractivity contribution >= 4 is 23.2 Å². The SMILES string of the molecule is CO/N=C(/C)COc1c([C@H]2[C@H](C(=O)Nc3ccnc(C(N)=O)c3)O[C@@](C)(C(F)(F)F)[C@H]2C)ccc(F)c1F. The lowest BCUT2D eigenvalue weighted by Crippen LogP contribution is -2.47. The van der Waals surface area contributed by atoms with Gasteiger partial charge in [0.15, 0.2) is 17.2 Å². The van der Waals surface area contributed by atoms with E-state index >= 15 is 0 Å². The number of alkyl halides is 3. The Morgan fingerprint density at radius 2 is 1.95 bits per heavy atom. The second-order valence-electron chi connectivity index (χ2n) is 8.82. The topological polar surface area (TPSA) is 125 Å². The number of carbonyl (C=O) groups is 2. The Kier molecular flexibility index (Phi) is 8.24. The normalized spacial score (nSPS) is 23.7. The Balaban J connectivity index is 2.09. The van der Waals surface area contributed by atoms with E-state index in [0.717, 1.165) is 31.3 Å². The Labute approximate surface area is 214 Å². The molecule has 2 aromatic rings. The van der Waals surface area contributed by atoms with Crippen molar-refractivity contribution in [2.45, 2.75) is 44.6 Å². The van der Waals surface area contributed by atoms with E-state index in [4.69, 9.17) is 15.2 Å². The third-order valence-electron chi connectivity index (χ3n) is 6.32. The summed E-state index contributed by atoms with van der Waals surface area (Å²) in [5.74, 6) is -8.30. The molecule has 3 rings (SSSR count). The van der Waals surface area contributed by atoms with E-state index in [1.165, 1.54) is 27.0 Å². The van der Waals surface area contributed by atoms with Crippen LogP contribution in [0.3, 0.4) is 0 Å². The molecule has 2 heterocycles. The fraction of sp³-hybridized carbons (Fsp3) is 0.417. The predicted molar refractivity (Wildman–Crippen MR) is 125 cm³/mol. The molecule has 1 saturated heterocycles. The number of amides is 2. The maximum absolute atomic E-state index is 14.9. The van der Waals surface area contributed by atoms with Crippen LogP contribution in [0.25, 0.3) is 0 Å². The first-order valence-electron chi connectivity index (χ1n) is 11.2. The maximum atomic E-state index is 14.9. The van der Waals surface area contributed by atoms with Gasteiger partial charge in [0.05, 0.1) is 5.71 Å². The van der Waals surface area contributed by atoms with Crippen LogP contribution in [0.5, 0.6) is 5.75 Å². The van der Waals surface area contributed by atoms with Crippen molar-refractivity contribution in [2.24, 2.45) is 16.8 Å². The van der Waals surface area contributed by atoms with Gasteiger partial charge in [-0.05, 0) is 32.0 Å². The molecular weight excluding hydrogens is 519 g/mol. The number of hydrogen-bond donors (Lipinski definition) is 2. The number of aromatic nitrogens is 1. The number of oxime groups is 1. The van der Waals surface area contributed by atoms with Crippen LogP contribution in [0.2, 0.25) is 0 Å². The Morgan fingerprint density at radius 3 is 2.55 bits per heavy atom. The summed E-state index contributed by atoms with van der Waals surface area (Å²) in [6.45, 7) is 3.04. The summed E-state index contributed by atoms with van der Waals surface area (Å²) >= 11 is 0. The van der Waals surface area contributed by atoms with Crippen molar-refractivity contribution in [3.05, 3.63) is 53.4 Å². The molecule has 38 heavy (non-hydrogen) atoms. The second kappa shape index (κ2) is 10.9. The molecule has 3 N–H and O–H groups in total. The molecule has 4 atom stereocenters. The fourth-order valence-electron chi connectivity index (χ4n) is 4.19. The molecule has 1 fully saturated rings. The van der Waals surface area contributed by atoms with Crippen molar-refractivity contribution in [2.75, 3.05) is 19.0 Å². The van der Waals surface area contributed by atoms with Crippen LogP contribution < -0.4 is 15.8 Å². The number of pyridine rings is 1. The monoisotopic (exact) mass is 544 g/mol. The highest BCUT2D eigenvalue weighted by atomic mass is 19.4. The van der Waals surface area contributed by atoms with E-state index in [-0.39, 0.29) is 29.3 Å². The minimum absolute atomic E-state index is 0.00239. The molecule has 206 valence electrons. The molecule has 2 amide bonds. The van der Waals surface area contributed by atoms with Crippen molar-refractivity contribution in [1.82, 2.24) is 4.98 Å². The lowest BCUT2D eigenvalue weighted by atomic mass is 9.77. The van der Waals surface area contributed by atoms with Crippen LogP contribution >= 0.6 is 0 Å². The number of nitrogens with two attached hydrogens (primary N) is 1. The maximum Gasteiger partial charge on any atom is 0.417 e. The van der Waals surface area contributed by atoms with Gasteiger partial charge in [0, 0.05) is 29.3 Å². The number of carbonyl (C=O) groups excluding carboxylic acids is 2. The van der Waals surface area contributed by atoms with Crippen LogP contribution in [0, 0.1) is 17.6 Å². The zero-order chi connectivity index (χ0) is 28.4. The van der Waals surface area contributed by atoms with Gasteiger partial charge in [-0.25, -0.2) is 4.39 Å². The van der Waals surface area contributed by atoms with Gasteiger partial charge in [-0.2, -0.15) is 17.6 Å². The lowest BCUT2D eigenvalue weighted by molar-refractivity contribution is -0.272. The molecule has 0 radical (unpaired) electrons. The Hall–Kier alpha value is -3.81. The van der Waals surface area contributed by atoms with Gasteiger partial charge in [0.1, 0.15) is 25.5 Å². The summed E-state index contributed by atoms with van der Waals surface area (Å²) in [5.41, 5.74) is 2.14. The van der Waals surface area contributed by atoms with Gasteiger partial charge in [-0.15, -0.1) is 0 Å². The van der Waals surface area contributed by atoms with E-state index in [0.29, 0.717) is 0 Å². The van der Waals surface area contributed by atoms with Crippen LogP contribution in [0.4, 0.5) is 27.6 Å². The average Bonchev–Trinajstić information content (AvgIpc) is 3.12. The van der Waals surface area contributed by atoms with Gasteiger partial charge >= 0.3 is 6.18 Å². The number of rotatable bonds is 8. The number of hydrogen-bond acceptors (Lipinski definition) is 7. The molecule has 0 aliphatic carbocycles. The molecule has 0 saturated carbocycles. The summed E-state index contributed by atoms with van der Waals surface area (Å²) in [6, 6.07) is 4.17. The number of nitrogens with one attached hydrogen (secondary N) is 1. The lowest BCUT2D eigenvalue weighted by Gasteiger charge is -2.32. The van der Waals surface area contributed by atoms with Gasteiger partial charge in [0.25, 0.3) is 11.8 Å². The van der Waals surface area contributed by atoms with E-state index in [1.54, 1.807) is 0 Å². The van der Waals surface area contributed by atoms with Crippen LogP contribution in [0.1, 0.15) is 42.7 Å². The number of anilines is 1. The molecule has 1 aliphatic rings. The van der Waals surface area contributed by atoms with Crippen LogP contribution in [-0.4, -0.2) is 54.1 Å². The quantitative estimate of drug-likeness (QED) is 0.295. The van der Waals surface area contributed by atoms with Gasteiger partial charge in [-0.3, -0.25) is 14.6 Å². The first-order chi connectivity index (χ1) is 17.7. The molecular formula is C24H25F5N4O5. The number of halogens is 5. The largest absolute Gasteiger partial charge is 0.484 e. The predicted octanol–water partition coefficient (Wildman–Crippen LogP) is 3.94. The van der Waals surface area contributed by atoms with Gasteiger partial charge in [-0.1, -0.05) is 18.1 Å². The third-order valence-corrected chi connectivity index (χ3v) is 6.32. The highest BCUT2D eigenvalue weighted by Crippen LogP contribution is 2.55. The highest BCUT2D eigenvalue weighted by Gasteiger charge is 2.66. The number of nitrogens with zero attached hydrogens (tertiary/aromatic N) is 2. The van der Waals surface area contributed by atoms with E-state index in [2.05, 4.69) is 20.3 Å². The van der Waals surface area contributed by atoms with Crippen molar-refractivity contribution < 1.29 is 45.9 Å². The second-order valence-corrected chi connectivity index (χ2v) is 8.82. The molecule has 1 aromatic heterocycles. The first-order valence-corrected chi connectivity index (χ1v) is 11.2. The summed E-state index contributed by atoms with van der Waals surface area (Å²) in [7, 11) is 1.26. The van der Waals surface area contributed by atoms with Crippen LogP contribution in [0.15, 0.2) is 35.6 Å². The molecule has 1 aliphatic heterocycles. The summed E-state index contributed by atoms with van der Waals surface area (Å²) < 4.78 is 82.3. The molecule has 0 spiro atoms. The van der Waals surface area contributed by atoms with Gasteiger partial charge in [0.2, 0.25) is 5.82 Å². The highest BCUT2D eigenvalue weighted by molar-refractivity contribution is 5.97. The van der Waals surface area contributed by atoms with Crippen molar-refractivity contribution in [3.63, 3.8) is 0 Å². The number of primary amides is 1. The van der Waals surface area contributed by atoms with Crippen LogP contribution in [-0.2, 0) is 14.4 Å². The fourth-order valence-corrected chi connectivity index (χ4v) is 4.19. The number of benzene rings is 1. The summed E-state index contributed by atoms with van der Waals surface area (Å²) in [4.78, 5) is 33.0. The smallest absolute Gasteiger partial charge is 0.417 e. The minimum Gasteiger partial charge on any atom is -0.484 e. The molecule has 14 heteroatoms. The average molecular weight is 544 g/mol. The molecule has 0 bridgehead atoms. The molecule has 1 aromatic carbocycles. The van der Waals surface area contributed by atoms with Crippen molar-refractivity contribution in [1.29, 1.82) is 0 Å². The first kappa shape index (κ1) is 28.8. The van der Waals surface area contributed by atoms with Gasteiger partial charge < -0.3 is 25.4 Å². The Morgan fingerprint density at radius 1 is 1.26 bits per heavy atom. The third kappa shape index (κ3) is 5.54. The van der Waals surface area contributed by atoms with E-state index in [1.807, 2.05) is 0 Å². The zero-order valence-electron chi connectivity index (χ0n) is 20.7. The summed E-state index contributed by atoms with van der Waals surface area (Å²) in [5, 5.41) is 5.98. The summed E-state index contributed by atoms with van der Waals surface area (Å²) in [6.07, 6.45) is -5.60. The standard InChI is InChI=1S/C24H25F5N4O5/c1-11(33-36-4)10-37-19-14(5-6-15(25)18(19)26)17-12(2)23(3,24(27,28)29)38-20(17)22(35)32-13-7-8-31-16(9-13)21(30)34/h5-9,12,17,20H,10H2,1-4H3,(H2,30,34)(H,31,32,35)/b33-11-/t12-,17-,20+,23+/m0/s1. The van der Waals surface area contributed by atoms with E-state index < -0.39 is 58.9 Å². The molecule has 9 nitrogen and oxygen atoms in total. The molecule has 0 unspecified atom stereocenters. The minimum atomic E-state index is -4.93.